The number of carbonyl (C=O) groups excluding carboxylic acids is 1. The number of carbonyl (C=O) groups is 1. The summed E-state index contributed by atoms with van der Waals surface area (Å²) in [4.78, 5) is 19.1. The Labute approximate surface area is 186 Å². The fourth-order valence-corrected chi connectivity index (χ4v) is 4.80. The Morgan fingerprint density at radius 3 is 2.63 bits per heavy atom. The van der Waals surface area contributed by atoms with Gasteiger partial charge in [0.05, 0.1) is 6.54 Å². The molecule has 2 heterocycles. The highest BCUT2D eigenvalue weighted by atomic mass is 127. The fraction of sp³-hybridized carbons (Fsp3) is 0.895. The third kappa shape index (κ3) is 7.61. The molecule has 0 aromatic carbocycles. The van der Waals surface area contributed by atoms with Crippen molar-refractivity contribution in [1.82, 2.24) is 15.5 Å². The highest BCUT2D eigenvalue weighted by Crippen LogP contribution is 2.35. The number of amides is 1. The molecule has 2 N–H and O–H groups in total. The minimum absolute atomic E-state index is 0. The van der Waals surface area contributed by atoms with Crippen LogP contribution in [-0.2, 0) is 9.53 Å². The van der Waals surface area contributed by atoms with Crippen molar-refractivity contribution in [2.45, 2.75) is 57.7 Å². The molecule has 8 heteroatoms. The Morgan fingerprint density at radius 2 is 2.04 bits per heavy atom. The second kappa shape index (κ2) is 12.4. The number of hydrogen-bond donors (Lipinski definition) is 2. The first-order valence-electron chi connectivity index (χ1n) is 10.0. The number of ether oxygens (including phenoxy) is 1. The molecule has 0 radical (unpaired) electrons. The van der Waals surface area contributed by atoms with Crippen LogP contribution in [0.2, 0.25) is 0 Å². The molecule has 0 aliphatic carbocycles. The van der Waals surface area contributed by atoms with Gasteiger partial charge in [-0.05, 0) is 31.9 Å². The summed E-state index contributed by atoms with van der Waals surface area (Å²) in [5, 5.41) is 6.91. The van der Waals surface area contributed by atoms with Gasteiger partial charge in [0.2, 0.25) is 5.91 Å². The molecular weight excluding hydrogens is 475 g/mol. The maximum atomic E-state index is 12.2. The van der Waals surface area contributed by atoms with Gasteiger partial charge in [-0.25, -0.2) is 0 Å². The van der Waals surface area contributed by atoms with Gasteiger partial charge in [-0.3, -0.25) is 9.79 Å². The van der Waals surface area contributed by atoms with Crippen LogP contribution in [0.5, 0.6) is 0 Å². The number of guanidine groups is 1. The van der Waals surface area contributed by atoms with Gasteiger partial charge in [0.1, 0.15) is 0 Å². The van der Waals surface area contributed by atoms with Crippen molar-refractivity contribution in [2.24, 2.45) is 10.9 Å². The van der Waals surface area contributed by atoms with E-state index >= 15 is 0 Å². The van der Waals surface area contributed by atoms with Crippen LogP contribution in [0.4, 0.5) is 0 Å². The molecule has 0 bridgehead atoms. The molecule has 1 amide bonds. The van der Waals surface area contributed by atoms with Gasteiger partial charge in [-0.15, -0.1) is 24.0 Å². The Balaban J connectivity index is 0.00000364. The molecule has 0 aromatic rings. The largest absolute Gasteiger partial charge is 0.381 e. The normalized spacial score (nSPS) is 22.5. The summed E-state index contributed by atoms with van der Waals surface area (Å²) >= 11 is 2.01. The zero-order chi connectivity index (χ0) is 19.0. The van der Waals surface area contributed by atoms with E-state index in [0.29, 0.717) is 0 Å². The fourth-order valence-electron chi connectivity index (χ4n) is 3.58. The molecule has 2 aliphatic rings. The summed E-state index contributed by atoms with van der Waals surface area (Å²) in [6.45, 7) is 13.2. The molecule has 2 fully saturated rings. The van der Waals surface area contributed by atoms with Gasteiger partial charge < -0.3 is 20.3 Å². The highest BCUT2D eigenvalue weighted by Gasteiger charge is 2.33. The SMILES string of the molecule is CCNC(=NCC1(SCC)CCOCC1)NC1CCN(C(=O)C(C)C)C1.I. The van der Waals surface area contributed by atoms with Crippen LogP contribution in [0.25, 0.3) is 0 Å². The molecule has 158 valence electrons. The van der Waals surface area contributed by atoms with E-state index in [2.05, 4.69) is 24.5 Å². The van der Waals surface area contributed by atoms with Gasteiger partial charge in [0, 0.05) is 49.6 Å². The Hall–Kier alpha value is -0.220. The van der Waals surface area contributed by atoms with Crippen LogP contribution in [0.1, 0.15) is 47.0 Å². The van der Waals surface area contributed by atoms with E-state index in [4.69, 9.17) is 9.73 Å². The monoisotopic (exact) mass is 512 g/mol. The van der Waals surface area contributed by atoms with Gasteiger partial charge in [-0.1, -0.05) is 20.8 Å². The Bertz CT molecular complexity index is 479. The molecular formula is C19H37IN4O2S. The maximum Gasteiger partial charge on any atom is 0.225 e. The Kier molecular flexibility index (Phi) is 11.4. The summed E-state index contributed by atoms with van der Waals surface area (Å²) in [7, 11) is 0. The van der Waals surface area contributed by atoms with E-state index in [1.54, 1.807) is 0 Å². The number of halogens is 1. The third-order valence-electron chi connectivity index (χ3n) is 5.06. The number of rotatable bonds is 7. The summed E-state index contributed by atoms with van der Waals surface area (Å²) in [5.41, 5.74) is 0. The molecule has 2 rings (SSSR count). The molecule has 2 aliphatic heterocycles. The van der Waals surface area contributed by atoms with Crippen molar-refractivity contribution in [3.05, 3.63) is 0 Å². The first kappa shape index (κ1) is 24.8. The van der Waals surface area contributed by atoms with Crippen molar-refractivity contribution in [1.29, 1.82) is 0 Å². The quantitative estimate of drug-likeness (QED) is 0.312. The lowest BCUT2D eigenvalue weighted by atomic mass is 9.99. The summed E-state index contributed by atoms with van der Waals surface area (Å²) in [5.74, 6) is 2.29. The van der Waals surface area contributed by atoms with Gasteiger partial charge >= 0.3 is 0 Å². The standard InChI is InChI=1S/C19H36N4O2S.HI/c1-5-20-18(21-14-19(26-6-2)8-11-25-12-9-19)22-16-7-10-23(13-16)17(24)15(3)4;/h15-16H,5-14H2,1-4H3,(H2,20,21,22);1H. The summed E-state index contributed by atoms with van der Waals surface area (Å²) < 4.78 is 5.76. The van der Waals surface area contributed by atoms with E-state index in [-0.39, 0.29) is 46.6 Å². The second-order valence-corrected chi connectivity index (χ2v) is 9.22. The van der Waals surface area contributed by atoms with Crippen LogP contribution >= 0.6 is 35.7 Å². The maximum absolute atomic E-state index is 12.2. The molecule has 0 aromatic heterocycles. The van der Waals surface area contributed by atoms with Crippen molar-refractivity contribution in [2.75, 3.05) is 45.1 Å². The summed E-state index contributed by atoms with van der Waals surface area (Å²) in [6, 6.07) is 0.278. The number of thioether (sulfide) groups is 1. The lowest BCUT2D eigenvalue weighted by Gasteiger charge is -2.35. The van der Waals surface area contributed by atoms with E-state index in [1.807, 2.05) is 30.5 Å². The molecule has 1 unspecified atom stereocenters. The minimum Gasteiger partial charge on any atom is -0.381 e. The number of aliphatic imine (C=N–C) groups is 1. The van der Waals surface area contributed by atoms with Gasteiger partial charge in [-0.2, -0.15) is 11.8 Å². The molecule has 27 heavy (non-hydrogen) atoms. The van der Waals surface area contributed by atoms with Crippen molar-refractivity contribution in [3.8, 4) is 0 Å². The number of nitrogens with zero attached hydrogens (tertiary/aromatic N) is 2. The first-order valence-corrected chi connectivity index (χ1v) is 11.0. The second-order valence-electron chi connectivity index (χ2n) is 7.49. The van der Waals surface area contributed by atoms with Gasteiger partial charge in [0.15, 0.2) is 5.96 Å². The number of hydrogen-bond acceptors (Lipinski definition) is 4. The lowest BCUT2D eigenvalue weighted by molar-refractivity contribution is -0.133. The zero-order valence-electron chi connectivity index (χ0n) is 17.3. The average molecular weight is 513 g/mol. The van der Waals surface area contributed by atoms with Crippen molar-refractivity contribution in [3.63, 3.8) is 0 Å². The van der Waals surface area contributed by atoms with Crippen LogP contribution in [0.3, 0.4) is 0 Å². The van der Waals surface area contributed by atoms with Crippen molar-refractivity contribution >= 4 is 47.6 Å². The smallest absolute Gasteiger partial charge is 0.225 e. The van der Waals surface area contributed by atoms with Crippen LogP contribution < -0.4 is 10.6 Å². The third-order valence-corrected chi connectivity index (χ3v) is 6.50. The lowest BCUT2D eigenvalue weighted by Crippen LogP contribution is -2.46. The molecule has 1 atom stereocenters. The highest BCUT2D eigenvalue weighted by molar-refractivity contribution is 14.0. The number of nitrogens with one attached hydrogen (secondary N) is 2. The van der Waals surface area contributed by atoms with Crippen molar-refractivity contribution < 1.29 is 9.53 Å². The zero-order valence-corrected chi connectivity index (χ0v) is 20.4. The number of likely N-dealkylation sites (tertiary alicyclic amines) is 1. The Morgan fingerprint density at radius 1 is 1.33 bits per heavy atom. The van der Waals surface area contributed by atoms with Crippen LogP contribution in [0.15, 0.2) is 4.99 Å². The van der Waals surface area contributed by atoms with E-state index in [1.165, 1.54) is 0 Å². The predicted molar refractivity (Wildman–Crippen MR) is 125 cm³/mol. The van der Waals surface area contributed by atoms with Gasteiger partial charge in [0.25, 0.3) is 0 Å². The van der Waals surface area contributed by atoms with E-state index in [0.717, 1.165) is 70.4 Å². The predicted octanol–water partition coefficient (Wildman–Crippen LogP) is 2.72. The summed E-state index contributed by atoms with van der Waals surface area (Å²) in [6.07, 6.45) is 3.11. The molecule has 2 saturated heterocycles. The van der Waals surface area contributed by atoms with Crippen LogP contribution in [0, 0.1) is 5.92 Å². The average Bonchev–Trinajstić information content (AvgIpc) is 3.09. The molecule has 6 nitrogen and oxygen atoms in total. The van der Waals surface area contributed by atoms with E-state index < -0.39 is 0 Å². The minimum atomic E-state index is 0. The molecule has 0 spiro atoms. The molecule has 0 saturated carbocycles. The topological polar surface area (TPSA) is 66.0 Å². The van der Waals surface area contributed by atoms with Crippen LogP contribution in [-0.4, -0.2) is 72.7 Å². The van der Waals surface area contributed by atoms with E-state index in [9.17, 15) is 4.79 Å². The first-order chi connectivity index (χ1) is 12.5.